The molecule has 3 N–H and O–H groups in total. The van der Waals surface area contributed by atoms with E-state index in [0.29, 0.717) is 12.8 Å². The number of halogens is 3. The second-order valence-electron chi connectivity index (χ2n) is 5.14. The molecular weight excluding hydrogens is 327 g/mol. The van der Waals surface area contributed by atoms with Gasteiger partial charge in [0.2, 0.25) is 0 Å². The van der Waals surface area contributed by atoms with Gasteiger partial charge in [0.05, 0.1) is 5.56 Å². The van der Waals surface area contributed by atoms with Gasteiger partial charge in [-0.05, 0) is 37.0 Å². The molecule has 0 heterocycles. The summed E-state index contributed by atoms with van der Waals surface area (Å²) < 4.78 is 37.4. The maximum Gasteiger partial charge on any atom is 0.416 e. The lowest BCUT2D eigenvalue weighted by molar-refractivity contribution is -0.143. The number of aliphatic hydroxyl groups is 1. The second kappa shape index (κ2) is 8.49. The minimum absolute atomic E-state index is 0.0595. The lowest BCUT2D eigenvalue weighted by Gasteiger charge is -2.17. The lowest BCUT2D eigenvalue weighted by Crippen LogP contribution is -2.43. The van der Waals surface area contributed by atoms with E-state index in [1.54, 1.807) is 6.08 Å². The van der Waals surface area contributed by atoms with Crippen molar-refractivity contribution in [2.45, 2.75) is 37.6 Å². The first-order valence-corrected chi connectivity index (χ1v) is 7.16. The number of amides is 1. The fourth-order valence-corrected chi connectivity index (χ4v) is 1.98. The van der Waals surface area contributed by atoms with Crippen molar-refractivity contribution in [3.05, 3.63) is 48.0 Å². The Morgan fingerprint density at radius 1 is 1.25 bits per heavy atom. The fourth-order valence-electron chi connectivity index (χ4n) is 1.98. The molecule has 0 bridgehead atoms. The lowest BCUT2D eigenvalue weighted by atomic mass is 10.0. The number of benzene rings is 1. The van der Waals surface area contributed by atoms with E-state index >= 15 is 0 Å². The van der Waals surface area contributed by atoms with Crippen LogP contribution in [-0.2, 0) is 15.8 Å². The van der Waals surface area contributed by atoms with Crippen LogP contribution in [0.3, 0.4) is 0 Å². The van der Waals surface area contributed by atoms with Gasteiger partial charge in [0, 0.05) is 0 Å². The third-order valence-corrected chi connectivity index (χ3v) is 3.32. The normalized spacial score (nSPS) is 13.8. The molecule has 0 aromatic heterocycles. The molecule has 132 valence electrons. The van der Waals surface area contributed by atoms with Crippen LogP contribution in [0.25, 0.3) is 0 Å². The van der Waals surface area contributed by atoms with Crippen LogP contribution in [0.1, 0.15) is 36.5 Å². The molecule has 1 amide bonds. The van der Waals surface area contributed by atoms with Gasteiger partial charge >= 0.3 is 12.1 Å². The van der Waals surface area contributed by atoms with Crippen molar-refractivity contribution in [1.82, 2.24) is 5.32 Å². The Labute approximate surface area is 136 Å². The van der Waals surface area contributed by atoms with Crippen molar-refractivity contribution in [2.75, 3.05) is 0 Å². The molecule has 1 rings (SSSR count). The minimum Gasteiger partial charge on any atom is -0.480 e. The quantitative estimate of drug-likeness (QED) is 0.499. The van der Waals surface area contributed by atoms with Crippen molar-refractivity contribution >= 4 is 11.9 Å². The highest BCUT2D eigenvalue weighted by atomic mass is 19.4. The first-order valence-electron chi connectivity index (χ1n) is 7.16. The summed E-state index contributed by atoms with van der Waals surface area (Å²) in [7, 11) is 0. The van der Waals surface area contributed by atoms with Gasteiger partial charge in [-0.15, -0.1) is 6.58 Å². The Balaban J connectivity index is 2.75. The maximum atomic E-state index is 12.5. The van der Waals surface area contributed by atoms with E-state index < -0.39 is 35.8 Å². The number of hydrogen-bond acceptors (Lipinski definition) is 3. The number of carboxylic acids is 1. The van der Waals surface area contributed by atoms with Crippen molar-refractivity contribution in [3.8, 4) is 0 Å². The number of rotatable bonds is 8. The molecule has 8 heteroatoms. The summed E-state index contributed by atoms with van der Waals surface area (Å²) >= 11 is 0. The van der Waals surface area contributed by atoms with Crippen molar-refractivity contribution in [1.29, 1.82) is 0 Å². The predicted molar refractivity (Wildman–Crippen MR) is 80.0 cm³/mol. The first kappa shape index (κ1) is 19.7. The second-order valence-corrected chi connectivity index (χ2v) is 5.14. The molecule has 0 unspecified atom stereocenters. The van der Waals surface area contributed by atoms with Crippen molar-refractivity contribution in [2.24, 2.45) is 0 Å². The van der Waals surface area contributed by atoms with E-state index in [4.69, 9.17) is 5.11 Å². The highest BCUT2D eigenvalue weighted by Gasteiger charge is 2.31. The van der Waals surface area contributed by atoms with Crippen LogP contribution in [0.4, 0.5) is 13.2 Å². The molecule has 0 radical (unpaired) electrons. The largest absolute Gasteiger partial charge is 0.480 e. The van der Waals surface area contributed by atoms with E-state index in [-0.39, 0.29) is 12.0 Å². The Morgan fingerprint density at radius 2 is 1.83 bits per heavy atom. The SMILES string of the molecule is C=CCCC[C@@H](NC(=O)[C@@H](O)c1ccc(C(F)(F)F)cc1)C(=O)O. The number of hydrogen-bond donors (Lipinski definition) is 3. The zero-order chi connectivity index (χ0) is 18.3. The molecule has 1 aromatic rings. The Kier molecular flexibility index (Phi) is 6.97. The Hall–Kier alpha value is -2.35. The summed E-state index contributed by atoms with van der Waals surface area (Å²) in [5.74, 6) is -2.24. The third-order valence-electron chi connectivity index (χ3n) is 3.32. The van der Waals surface area contributed by atoms with Crippen LogP contribution in [-0.4, -0.2) is 28.1 Å². The van der Waals surface area contributed by atoms with Crippen LogP contribution >= 0.6 is 0 Å². The number of alkyl halides is 3. The number of nitrogens with one attached hydrogen (secondary N) is 1. The number of aliphatic carboxylic acids is 1. The van der Waals surface area contributed by atoms with Gasteiger partial charge in [0.1, 0.15) is 6.04 Å². The van der Waals surface area contributed by atoms with E-state index in [2.05, 4.69) is 11.9 Å². The summed E-state index contributed by atoms with van der Waals surface area (Å²) in [5, 5.41) is 21.1. The molecule has 0 aliphatic heterocycles. The van der Waals surface area contributed by atoms with Crippen molar-refractivity contribution in [3.63, 3.8) is 0 Å². The standard InChI is InChI=1S/C16H18F3NO4/c1-2-3-4-5-12(15(23)24)20-14(22)13(21)10-6-8-11(9-7-10)16(17,18)19/h2,6-9,12-13,21H,1,3-5H2,(H,20,22)(H,23,24)/t12-,13+/m1/s1. The average molecular weight is 345 g/mol. The summed E-state index contributed by atoms with van der Waals surface area (Å²) in [4.78, 5) is 23.0. The summed E-state index contributed by atoms with van der Waals surface area (Å²) in [6.07, 6.45) is -3.47. The van der Waals surface area contributed by atoms with E-state index in [1.165, 1.54) is 0 Å². The zero-order valence-corrected chi connectivity index (χ0v) is 12.7. The monoisotopic (exact) mass is 345 g/mol. The molecule has 0 aliphatic carbocycles. The van der Waals surface area contributed by atoms with Gasteiger partial charge in [-0.2, -0.15) is 13.2 Å². The maximum absolute atomic E-state index is 12.5. The summed E-state index contributed by atoms with van der Waals surface area (Å²) in [6, 6.07) is 2.23. The molecule has 0 saturated heterocycles. The molecule has 0 saturated carbocycles. The molecule has 0 spiro atoms. The molecule has 24 heavy (non-hydrogen) atoms. The van der Waals surface area contributed by atoms with Crippen LogP contribution in [0.5, 0.6) is 0 Å². The van der Waals surface area contributed by atoms with Crippen LogP contribution in [0.2, 0.25) is 0 Å². The van der Waals surface area contributed by atoms with Gasteiger partial charge in [0.25, 0.3) is 5.91 Å². The van der Waals surface area contributed by atoms with E-state index in [9.17, 15) is 27.9 Å². The number of allylic oxidation sites excluding steroid dienone is 1. The third kappa shape index (κ3) is 5.69. The van der Waals surface area contributed by atoms with Crippen LogP contribution < -0.4 is 5.32 Å². The van der Waals surface area contributed by atoms with Gasteiger partial charge in [-0.1, -0.05) is 18.2 Å². The highest BCUT2D eigenvalue weighted by Crippen LogP contribution is 2.29. The Bertz CT molecular complexity index is 584. The van der Waals surface area contributed by atoms with Gasteiger partial charge in [-0.3, -0.25) is 4.79 Å². The van der Waals surface area contributed by atoms with Crippen LogP contribution in [0.15, 0.2) is 36.9 Å². The predicted octanol–water partition coefficient (Wildman–Crippen LogP) is 2.66. The number of aliphatic hydroxyl groups excluding tert-OH is 1. The van der Waals surface area contributed by atoms with Crippen LogP contribution in [0, 0.1) is 0 Å². The minimum atomic E-state index is -4.52. The fraction of sp³-hybridized carbons (Fsp3) is 0.375. The zero-order valence-electron chi connectivity index (χ0n) is 12.7. The number of carbonyl (C=O) groups is 2. The molecule has 0 fully saturated rings. The van der Waals surface area contributed by atoms with Gasteiger partial charge in [-0.25, -0.2) is 4.79 Å². The van der Waals surface area contributed by atoms with Gasteiger partial charge < -0.3 is 15.5 Å². The molecule has 0 aliphatic rings. The smallest absolute Gasteiger partial charge is 0.416 e. The molecule has 2 atom stereocenters. The number of carbonyl (C=O) groups excluding carboxylic acids is 1. The average Bonchev–Trinajstić information content (AvgIpc) is 2.52. The van der Waals surface area contributed by atoms with Gasteiger partial charge in [0.15, 0.2) is 6.10 Å². The van der Waals surface area contributed by atoms with E-state index in [0.717, 1.165) is 24.3 Å². The number of carboxylic acid groups (broad SMARTS) is 1. The molecular formula is C16H18F3NO4. The molecule has 1 aromatic carbocycles. The number of unbranched alkanes of at least 4 members (excludes halogenated alkanes) is 1. The molecule has 5 nitrogen and oxygen atoms in total. The highest BCUT2D eigenvalue weighted by molar-refractivity contribution is 5.86. The summed E-state index contributed by atoms with van der Waals surface area (Å²) in [6.45, 7) is 3.50. The summed E-state index contributed by atoms with van der Waals surface area (Å²) in [5.41, 5.74) is -0.970. The first-order chi connectivity index (χ1) is 11.2. The topological polar surface area (TPSA) is 86.6 Å². The van der Waals surface area contributed by atoms with E-state index in [1.807, 2.05) is 0 Å². The Morgan fingerprint density at radius 3 is 2.29 bits per heavy atom. The van der Waals surface area contributed by atoms with Crippen molar-refractivity contribution < 1.29 is 33.0 Å².